The maximum absolute atomic E-state index is 13.3. The lowest BCUT2D eigenvalue weighted by Crippen LogP contribution is -2.58. The number of likely N-dealkylation sites (tertiary alicyclic amines) is 2. The summed E-state index contributed by atoms with van der Waals surface area (Å²) in [5.41, 5.74) is 4.58. The molecule has 0 aromatic heterocycles. The van der Waals surface area contributed by atoms with E-state index in [4.69, 9.17) is 0 Å². The van der Waals surface area contributed by atoms with Gasteiger partial charge in [-0.15, -0.1) is 12.4 Å². The molecule has 192 valence electrons. The third-order valence-electron chi connectivity index (χ3n) is 7.93. The predicted octanol–water partition coefficient (Wildman–Crippen LogP) is 5.17. The molecule has 3 aromatic rings. The summed E-state index contributed by atoms with van der Waals surface area (Å²) in [5, 5.41) is 3.02. The molecule has 3 aliphatic rings. The molecule has 0 radical (unpaired) electrons. The molecule has 3 aliphatic heterocycles. The van der Waals surface area contributed by atoms with Gasteiger partial charge < -0.3 is 15.1 Å². The molecule has 6 rings (SSSR count). The summed E-state index contributed by atoms with van der Waals surface area (Å²) >= 11 is 0. The van der Waals surface area contributed by atoms with Gasteiger partial charge in [0.2, 0.25) is 5.91 Å². The molecule has 3 amide bonds. The second-order valence-electron chi connectivity index (χ2n) is 10.1. The standard InChI is InChI=1S/C30H32N4O2.ClH/c35-29(25-19-33(20-25)28(22-9-3-1-4-10-22)23-11-5-2-6-12-23)32-17-15-26(16-18-32)34-21-24-13-7-8-14-27(24)31-30(34)36;/h1-14,25-26,28H,15-21H2,(H,31,36);1H. The van der Waals surface area contributed by atoms with Crippen molar-refractivity contribution in [3.8, 4) is 0 Å². The molecule has 0 atom stereocenters. The minimum atomic E-state index is -0.0269. The van der Waals surface area contributed by atoms with E-state index in [9.17, 15) is 9.59 Å². The van der Waals surface area contributed by atoms with Crippen molar-refractivity contribution in [2.24, 2.45) is 5.92 Å². The first-order valence-electron chi connectivity index (χ1n) is 13.0. The maximum atomic E-state index is 13.3. The largest absolute Gasteiger partial charge is 0.342 e. The fourth-order valence-corrected chi connectivity index (χ4v) is 5.94. The van der Waals surface area contributed by atoms with Crippen LogP contribution in [0.25, 0.3) is 0 Å². The normalized spacial score (nSPS) is 18.6. The number of hydrogen-bond acceptors (Lipinski definition) is 3. The highest BCUT2D eigenvalue weighted by atomic mass is 35.5. The molecule has 0 aliphatic carbocycles. The highest BCUT2D eigenvalue weighted by molar-refractivity contribution is 5.92. The van der Waals surface area contributed by atoms with Crippen LogP contribution in [0.3, 0.4) is 0 Å². The van der Waals surface area contributed by atoms with E-state index in [1.165, 1.54) is 11.1 Å². The Kier molecular flexibility index (Phi) is 7.49. The number of anilines is 1. The Balaban J connectivity index is 0.00000280. The van der Waals surface area contributed by atoms with Crippen LogP contribution < -0.4 is 5.32 Å². The van der Waals surface area contributed by atoms with E-state index in [-0.39, 0.29) is 42.3 Å². The first-order chi connectivity index (χ1) is 17.7. The third-order valence-corrected chi connectivity index (χ3v) is 7.93. The van der Waals surface area contributed by atoms with Gasteiger partial charge in [-0.3, -0.25) is 9.69 Å². The zero-order chi connectivity index (χ0) is 24.5. The van der Waals surface area contributed by atoms with Crippen LogP contribution in [0.5, 0.6) is 0 Å². The predicted molar refractivity (Wildman–Crippen MR) is 148 cm³/mol. The number of halogens is 1. The van der Waals surface area contributed by atoms with Gasteiger partial charge in [-0.1, -0.05) is 78.9 Å². The van der Waals surface area contributed by atoms with Crippen molar-refractivity contribution in [2.45, 2.75) is 31.5 Å². The lowest BCUT2D eigenvalue weighted by Gasteiger charge is -2.47. The maximum Gasteiger partial charge on any atom is 0.322 e. The summed E-state index contributed by atoms with van der Waals surface area (Å²) in [5.74, 6) is 0.305. The summed E-state index contributed by atoms with van der Waals surface area (Å²) in [7, 11) is 0. The van der Waals surface area contributed by atoms with Crippen LogP contribution in [-0.4, -0.2) is 58.9 Å². The van der Waals surface area contributed by atoms with Crippen molar-refractivity contribution in [3.63, 3.8) is 0 Å². The van der Waals surface area contributed by atoms with Crippen LogP contribution in [0.2, 0.25) is 0 Å². The number of carbonyl (C=O) groups excluding carboxylic acids is 2. The molecule has 0 unspecified atom stereocenters. The average Bonchev–Trinajstić information content (AvgIpc) is 2.91. The van der Waals surface area contributed by atoms with E-state index < -0.39 is 0 Å². The van der Waals surface area contributed by atoms with Crippen LogP contribution in [0, 0.1) is 5.92 Å². The van der Waals surface area contributed by atoms with Crippen LogP contribution in [0.15, 0.2) is 84.9 Å². The summed E-state index contributed by atoms with van der Waals surface area (Å²) in [6, 6.07) is 29.4. The summed E-state index contributed by atoms with van der Waals surface area (Å²) in [4.78, 5) is 32.4. The summed E-state index contributed by atoms with van der Waals surface area (Å²) < 4.78 is 0. The third kappa shape index (κ3) is 5.09. The lowest BCUT2D eigenvalue weighted by atomic mass is 9.89. The van der Waals surface area contributed by atoms with E-state index in [0.717, 1.165) is 37.2 Å². The van der Waals surface area contributed by atoms with Crippen LogP contribution in [-0.2, 0) is 11.3 Å². The Morgan fingerprint density at radius 2 is 1.38 bits per heavy atom. The Morgan fingerprint density at radius 1 is 0.811 bits per heavy atom. The highest BCUT2D eigenvalue weighted by Gasteiger charge is 2.41. The monoisotopic (exact) mass is 516 g/mol. The second-order valence-corrected chi connectivity index (χ2v) is 10.1. The second kappa shape index (κ2) is 11.0. The Labute approximate surface area is 224 Å². The first kappa shape index (κ1) is 25.3. The first-order valence-corrected chi connectivity index (χ1v) is 13.0. The van der Waals surface area contributed by atoms with Gasteiger partial charge >= 0.3 is 6.03 Å². The van der Waals surface area contributed by atoms with Crippen molar-refractivity contribution >= 4 is 30.0 Å². The van der Waals surface area contributed by atoms with Gasteiger partial charge in [-0.05, 0) is 35.6 Å². The fraction of sp³-hybridized carbons (Fsp3) is 0.333. The number of carbonyl (C=O) groups is 2. The summed E-state index contributed by atoms with van der Waals surface area (Å²) in [6.45, 7) is 3.62. The number of nitrogens with one attached hydrogen (secondary N) is 1. The molecule has 2 saturated heterocycles. The molecule has 37 heavy (non-hydrogen) atoms. The van der Waals surface area contributed by atoms with Gasteiger partial charge in [-0.2, -0.15) is 0 Å². The smallest absolute Gasteiger partial charge is 0.322 e. The highest BCUT2D eigenvalue weighted by Crippen LogP contribution is 2.35. The van der Waals surface area contributed by atoms with Crippen molar-refractivity contribution in [1.29, 1.82) is 0 Å². The van der Waals surface area contributed by atoms with Crippen molar-refractivity contribution in [1.82, 2.24) is 14.7 Å². The number of piperidine rings is 1. The van der Waals surface area contributed by atoms with Gasteiger partial charge in [-0.25, -0.2) is 4.79 Å². The number of nitrogens with zero attached hydrogens (tertiary/aromatic N) is 3. The minimum Gasteiger partial charge on any atom is -0.342 e. The molecule has 0 spiro atoms. The van der Waals surface area contributed by atoms with Gasteiger partial charge in [0, 0.05) is 44.5 Å². The molecule has 6 nitrogen and oxygen atoms in total. The Morgan fingerprint density at radius 3 is 2.00 bits per heavy atom. The number of hydrogen-bond donors (Lipinski definition) is 1. The Bertz CT molecular complexity index is 1190. The van der Waals surface area contributed by atoms with Gasteiger partial charge in [0.25, 0.3) is 0 Å². The van der Waals surface area contributed by atoms with Crippen LogP contribution in [0.4, 0.5) is 10.5 Å². The van der Waals surface area contributed by atoms with Crippen LogP contribution >= 0.6 is 12.4 Å². The zero-order valence-corrected chi connectivity index (χ0v) is 21.6. The van der Waals surface area contributed by atoms with Crippen molar-refractivity contribution in [3.05, 3.63) is 102 Å². The van der Waals surface area contributed by atoms with Crippen LogP contribution in [0.1, 0.15) is 35.6 Å². The SMILES string of the molecule is Cl.O=C(C1CN(C(c2ccccc2)c2ccccc2)C1)N1CCC(N2Cc3ccccc3NC2=O)CC1. The molecule has 1 N–H and O–H groups in total. The molecule has 3 aromatic carbocycles. The lowest BCUT2D eigenvalue weighted by molar-refractivity contribution is -0.143. The summed E-state index contributed by atoms with van der Waals surface area (Å²) in [6.07, 6.45) is 1.66. The number of fused-ring (bicyclic) bond motifs is 1. The molecule has 0 bridgehead atoms. The number of para-hydroxylation sites is 1. The van der Waals surface area contributed by atoms with E-state index in [0.29, 0.717) is 19.6 Å². The fourth-order valence-electron chi connectivity index (χ4n) is 5.94. The Hall–Kier alpha value is -3.35. The number of amides is 3. The van der Waals surface area contributed by atoms with Crippen molar-refractivity contribution < 1.29 is 9.59 Å². The zero-order valence-electron chi connectivity index (χ0n) is 20.8. The van der Waals surface area contributed by atoms with Gasteiger partial charge in [0.05, 0.1) is 12.0 Å². The molecule has 3 heterocycles. The molecular weight excluding hydrogens is 484 g/mol. The molecule has 2 fully saturated rings. The van der Waals surface area contributed by atoms with Crippen molar-refractivity contribution in [2.75, 3.05) is 31.5 Å². The number of rotatable bonds is 5. The van der Waals surface area contributed by atoms with Gasteiger partial charge in [0.15, 0.2) is 0 Å². The number of benzene rings is 3. The topological polar surface area (TPSA) is 55.9 Å². The molecule has 0 saturated carbocycles. The van der Waals surface area contributed by atoms with E-state index in [1.54, 1.807) is 0 Å². The minimum absolute atomic E-state index is 0. The molecular formula is C30H33ClN4O2. The van der Waals surface area contributed by atoms with E-state index in [2.05, 4.69) is 64.8 Å². The number of urea groups is 1. The van der Waals surface area contributed by atoms with E-state index >= 15 is 0 Å². The molecule has 7 heteroatoms. The average molecular weight is 517 g/mol. The van der Waals surface area contributed by atoms with E-state index in [1.807, 2.05) is 40.1 Å². The quantitative estimate of drug-likeness (QED) is 0.509. The van der Waals surface area contributed by atoms with Gasteiger partial charge in [0.1, 0.15) is 0 Å².